The van der Waals surface area contributed by atoms with Gasteiger partial charge in [0.2, 0.25) is 12.1 Å². The number of Topliss-reactive ketones (excluding diaryl/α,β-unsaturated/α-hetero) is 1. The lowest BCUT2D eigenvalue weighted by Gasteiger charge is -2.17. The predicted molar refractivity (Wildman–Crippen MR) is 69.0 cm³/mol. The van der Waals surface area contributed by atoms with Gasteiger partial charge in [0.15, 0.2) is 0 Å². The van der Waals surface area contributed by atoms with Crippen molar-refractivity contribution in [3.63, 3.8) is 0 Å². The normalized spacial score (nSPS) is 11.5. The van der Waals surface area contributed by atoms with Crippen LogP contribution in [0.5, 0.6) is 0 Å². The number of hydrogen-bond acceptors (Lipinski definition) is 4. The summed E-state index contributed by atoms with van der Waals surface area (Å²) in [5.74, 6) is -0.296. The summed E-state index contributed by atoms with van der Waals surface area (Å²) in [6, 6.07) is 0.0420. The van der Waals surface area contributed by atoms with Crippen LogP contribution in [0.25, 0.3) is 0 Å². The van der Waals surface area contributed by atoms with Crippen molar-refractivity contribution in [2.45, 2.75) is 40.0 Å². The topological polar surface area (TPSA) is 53.4 Å². The molecule has 0 aliphatic heterocycles. The summed E-state index contributed by atoms with van der Waals surface area (Å²) in [4.78, 5) is 12.3. The van der Waals surface area contributed by atoms with Gasteiger partial charge in [-0.2, -0.15) is 5.10 Å². The Morgan fingerprint density at radius 3 is 2.39 bits per heavy atom. The third-order valence-electron chi connectivity index (χ3n) is 2.32. The van der Waals surface area contributed by atoms with Crippen molar-refractivity contribution < 1.29 is 14.3 Å². The molecule has 1 rings (SSSR count). The molecule has 0 atom stereocenters. The van der Waals surface area contributed by atoms with Crippen LogP contribution in [0.1, 0.15) is 44.2 Å². The van der Waals surface area contributed by atoms with Crippen molar-refractivity contribution in [3.05, 3.63) is 16.9 Å². The van der Waals surface area contributed by atoms with Gasteiger partial charge in [0.1, 0.15) is 5.69 Å². The minimum atomic E-state index is -0.924. The van der Waals surface area contributed by atoms with Crippen LogP contribution in [0.4, 0.5) is 0 Å². The summed E-state index contributed by atoms with van der Waals surface area (Å²) in [6.45, 7) is 8.25. The van der Waals surface area contributed by atoms with Gasteiger partial charge in [-0.1, -0.05) is 11.6 Å². The second-order valence-corrected chi connectivity index (χ2v) is 4.39. The Morgan fingerprint density at radius 2 is 1.94 bits per heavy atom. The van der Waals surface area contributed by atoms with Crippen LogP contribution in [0.2, 0.25) is 5.02 Å². The molecule has 0 fully saturated rings. The molecule has 0 radical (unpaired) electrons. The molecule has 0 aromatic carbocycles. The standard InChI is InChI=1S/C12H19ClN2O3/c1-5-17-12(18-6-2)11(16)10-9(13)7-14-15(10)8(3)4/h7-8,12H,5-6H2,1-4H3. The SMILES string of the molecule is CCOC(OCC)C(=O)c1c(Cl)cnn1C(C)C. The van der Waals surface area contributed by atoms with Crippen LogP contribution in [-0.2, 0) is 9.47 Å². The Hall–Kier alpha value is -0.910. The molecule has 1 aromatic rings. The van der Waals surface area contributed by atoms with Crippen LogP contribution in [0.15, 0.2) is 6.20 Å². The van der Waals surface area contributed by atoms with E-state index in [0.29, 0.717) is 23.9 Å². The number of ether oxygens (including phenoxy) is 2. The molecule has 0 spiro atoms. The molecule has 6 heteroatoms. The summed E-state index contributed by atoms with van der Waals surface area (Å²) >= 11 is 6.01. The van der Waals surface area contributed by atoms with Gasteiger partial charge in [0.05, 0.1) is 11.2 Å². The molecule has 1 heterocycles. The van der Waals surface area contributed by atoms with Crippen LogP contribution in [-0.4, -0.2) is 35.1 Å². The van der Waals surface area contributed by atoms with Gasteiger partial charge in [-0.3, -0.25) is 9.48 Å². The highest BCUT2D eigenvalue weighted by Crippen LogP contribution is 2.21. The monoisotopic (exact) mass is 274 g/mol. The van der Waals surface area contributed by atoms with E-state index in [2.05, 4.69) is 5.10 Å². The van der Waals surface area contributed by atoms with E-state index in [4.69, 9.17) is 21.1 Å². The van der Waals surface area contributed by atoms with Crippen LogP contribution < -0.4 is 0 Å². The molecule has 0 unspecified atom stereocenters. The van der Waals surface area contributed by atoms with E-state index in [1.54, 1.807) is 18.5 Å². The zero-order valence-corrected chi connectivity index (χ0v) is 11.9. The summed E-state index contributed by atoms with van der Waals surface area (Å²) in [7, 11) is 0. The van der Waals surface area contributed by atoms with Crippen molar-refractivity contribution in [2.24, 2.45) is 0 Å². The maximum Gasteiger partial charge on any atom is 0.238 e. The Kier molecular flexibility index (Phi) is 5.78. The molecule has 0 bridgehead atoms. The summed E-state index contributed by atoms with van der Waals surface area (Å²) in [6.07, 6.45) is 0.538. The molecule has 0 amide bonds. The van der Waals surface area contributed by atoms with Crippen molar-refractivity contribution in [1.82, 2.24) is 9.78 Å². The van der Waals surface area contributed by atoms with Crippen molar-refractivity contribution in [3.8, 4) is 0 Å². The van der Waals surface area contributed by atoms with Gasteiger partial charge in [-0.15, -0.1) is 0 Å². The average molecular weight is 275 g/mol. The van der Waals surface area contributed by atoms with E-state index in [0.717, 1.165) is 0 Å². The van der Waals surface area contributed by atoms with E-state index >= 15 is 0 Å². The molecule has 0 aliphatic rings. The van der Waals surface area contributed by atoms with E-state index < -0.39 is 6.29 Å². The first-order chi connectivity index (χ1) is 8.52. The first-order valence-electron chi connectivity index (χ1n) is 6.03. The Morgan fingerprint density at radius 1 is 1.39 bits per heavy atom. The summed E-state index contributed by atoms with van der Waals surface area (Å²) in [5.41, 5.74) is 0.332. The molecule has 102 valence electrons. The van der Waals surface area contributed by atoms with Crippen molar-refractivity contribution in [1.29, 1.82) is 0 Å². The number of ketones is 1. The van der Waals surface area contributed by atoms with Gasteiger partial charge in [0.25, 0.3) is 0 Å². The van der Waals surface area contributed by atoms with E-state index in [9.17, 15) is 4.79 Å². The maximum atomic E-state index is 12.3. The number of rotatable bonds is 7. The van der Waals surface area contributed by atoms with Gasteiger partial charge >= 0.3 is 0 Å². The number of hydrogen-bond donors (Lipinski definition) is 0. The second-order valence-electron chi connectivity index (χ2n) is 3.99. The van der Waals surface area contributed by atoms with Gasteiger partial charge < -0.3 is 9.47 Å². The Bertz CT molecular complexity index is 398. The lowest BCUT2D eigenvalue weighted by atomic mass is 10.2. The molecule has 0 N–H and O–H groups in total. The molecule has 5 nitrogen and oxygen atoms in total. The number of halogens is 1. The van der Waals surface area contributed by atoms with Crippen molar-refractivity contribution >= 4 is 17.4 Å². The van der Waals surface area contributed by atoms with Crippen LogP contribution in [0, 0.1) is 0 Å². The Balaban J connectivity index is 3.03. The van der Waals surface area contributed by atoms with Gasteiger partial charge in [-0.25, -0.2) is 0 Å². The smallest absolute Gasteiger partial charge is 0.238 e. The quantitative estimate of drug-likeness (QED) is 0.567. The lowest BCUT2D eigenvalue weighted by Crippen LogP contribution is -2.30. The number of aromatic nitrogens is 2. The largest absolute Gasteiger partial charge is 0.346 e. The zero-order valence-electron chi connectivity index (χ0n) is 11.1. The summed E-state index contributed by atoms with van der Waals surface area (Å²) < 4.78 is 12.2. The summed E-state index contributed by atoms with van der Waals surface area (Å²) in [5, 5.41) is 4.41. The fourth-order valence-corrected chi connectivity index (χ4v) is 1.80. The van der Waals surface area contributed by atoms with Gasteiger partial charge in [-0.05, 0) is 27.7 Å². The Labute approximate surface area is 112 Å². The average Bonchev–Trinajstić information content (AvgIpc) is 2.70. The first-order valence-corrected chi connectivity index (χ1v) is 6.41. The fourth-order valence-electron chi connectivity index (χ4n) is 1.58. The third kappa shape index (κ3) is 3.31. The minimum absolute atomic E-state index is 0.0420. The van der Waals surface area contributed by atoms with Crippen LogP contribution in [0.3, 0.4) is 0 Å². The van der Waals surface area contributed by atoms with Crippen LogP contribution >= 0.6 is 11.6 Å². The highest BCUT2D eigenvalue weighted by molar-refractivity contribution is 6.33. The predicted octanol–water partition coefficient (Wildman–Crippen LogP) is 2.70. The molecular formula is C12H19ClN2O3. The molecular weight excluding hydrogens is 256 g/mol. The second kappa shape index (κ2) is 6.87. The number of carbonyl (C=O) groups is 1. The fraction of sp³-hybridized carbons (Fsp3) is 0.667. The minimum Gasteiger partial charge on any atom is -0.346 e. The van der Waals surface area contributed by atoms with E-state index in [1.807, 2.05) is 13.8 Å². The van der Waals surface area contributed by atoms with E-state index in [1.165, 1.54) is 6.20 Å². The molecule has 0 saturated carbocycles. The molecule has 0 aliphatic carbocycles. The molecule has 18 heavy (non-hydrogen) atoms. The van der Waals surface area contributed by atoms with Crippen molar-refractivity contribution in [2.75, 3.05) is 13.2 Å². The maximum absolute atomic E-state index is 12.3. The molecule has 0 saturated heterocycles. The lowest BCUT2D eigenvalue weighted by molar-refractivity contribution is -0.107. The number of carbonyl (C=O) groups excluding carboxylic acids is 1. The zero-order chi connectivity index (χ0) is 13.7. The highest BCUT2D eigenvalue weighted by atomic mass is 35.5. The highest BCUT2D eigenvalue weighted by Gasteiger charge is 2.27. The van der Waals surface area contributed by atoms with E-state index in [-0.39, 0.29) is 11.8 Å². The van der Waals surface area contributed by atoms with Gasteiger partial charge in [0, 0.05) is 19.3 Å². The molecule has 1 aromatic heterocycles. The third-order valence-corrected chi connectivity index (χ3v) is 2.60. The number of nitrogens with zero attached hydrogens (tertiary/aromatic N) is 2. The first kappa shape index (κ1) is 15.1.